The number of fused-ring (bicyclic) bond motifs is 1. The number of thiophene rings is 1. The quantitative estimate of drug-likeness (QED) is 0.513. The Morgan fingerprint density at radius 3 is 2.77 bits per heavy atom. The Balaban J connectivity index is 1.81. The predicted octanol–water partition coefficient (Wildman–Crippen LogP) is 0.648. The van der Waals surface area contributed by atoms with Crippen molar-refractivity contribution in [2.75, 3.05) is 20.8 Å². The number of carboxylic acid groups (broad SMARTS) is 1. The van der Waals surface area contributed by atoms with Crippen molar-refractivity contribution in [3.63, 3.8) is 0 Å². The van der Waals surface area contributed by atoms with Crippen LogP contribution in [0.3, 0.4) is 0 Å². The van der Waals surface area contributed by atoms with Crippen LogP contribution in [-0.4, -0.2) is 65.8 Å². The maximum atomic E-state index is 12.8. The number of β-lactam (4-membered cyclic amide) rings is 1. The number of carboxylic acids is 1. The fraction of sp³-hybridized carbons (Fsp3) is 0.438. The summed E-state index contributed by atoms with van der Waals surface area (Å²) in [5.74, 6) is -2.09. The van der Waals surface area contributed by atoms with E-state index in [-0.39, 0.29) is 18.9 Å². The minimum Gasteiger partial charge on any atom is -0.479 e. The van der Waals surface area contributed by atoms with E-state index in [0.29, 0.717) is 5.57 Å². The molecule has 1 aromatic rings. The highest BCUT2D eigenvalue weighted by atomic mass is 32.2. The van der Waals surface area contributed by atoms with Gasteiger partial charge in [0.05, 0.1) is 13.0 Å². The second-order valence-electron chi connectivity index (χ2n) is 5.81. The number of ether oxygens (including phenoxy) is 2. The third-order valence-corrected chi connectivity index (χ3v) is 6.37. The molecule has 0 aromatic carbocycles. The zero-order chi connectivity index (χ0) is 18.9. The average Bonchev–Trinajstić information content (AvgIpc) is 3.11. The maximum absolute atomic E-state index is 12.8. The molecule has 0 saturated carbocycles. The minimum atomic E-state index is -1.57. The molecule has 0 bridgehead atoms. The van der Waals surface area contributed by atoms with E-state index in [9.17, 15) is 19.5 Å². The molecular formula is C16H18N2O6S2. The van der Waals surface area contributed by atoms with E-state index >= 15 is 0 Å². The first-order valence-corrected chi connectivity index (χ1v) is 9.54. The number of carbonyl (C=O) groups excluding carboxylic acids is 2. The van der Waals surface area contributed by atoms with Gasteiger partial charge in [-0.2, -0.15) is 0 Å². The van der Waals surface area contributed by atoms with Gasteiger partial charge in [-0.05, 0) is 22.4 Å². The number of rotatable bonds is 7. The van der Waals surface area contributed by atoms with Crippen LogP contribution < -0.4 is 5.32 Å². The summed E-state index contributed by atoms with van der Waals surface area (Å²) in [7, 11) is 2.78. The Morgan fingerprint density at radius 1 is 1.42 bits per heavy atom. The number of methoxy groups -OCH3 is 2. The maximum Gasteiger partial charge on any atom is 0.330 e. The second kappa shape index (κ2) is 7.39. The zero-order valence-corrected chi connectivity index (χ0v) is 15.8. The summed E-state index contributed by atoms with van der Waals surface area (Å²) in [6.45, 7) is 0.102. The predicted molar refractivity (Wildman–Crippen MR) is 95.5 cm³/mol. The van der Waals surface area contributed by atoms with Crippen LogP contribution in [0.25, 0.3) is 0 Å². The van der Waals surface area contributed by atoms with E-state index in [1.165, 1.54) is 42.2 Å². The first-order chi connectivity index (χ1) is 12.4. The van der Waals surface area contributed by atoms with Gasteiger partial charge in [0.2, 0.25) is 5.91 Å². The fourth-order valence-electron chi connectivity index (χ4n) is 3.08. The lowest BCUT2D eigenvalue weighted by molar-refractivity contribution is -0.201. The molecule has 3 atom stereocenters. The van der Waals surface area contributed by atoms with E-state index in [4.69, 9.17) is 9.47 Å². The van der Waals surface area contributed by atoms with Gasteiger partial charge in [0.1, 0.15) is 5.37 Å². The molecule has 0 spiro atoms. The Hall–Kier alpha value is -1.88. The smallest absolute Gasteiger partial charge is 0.330 e. The zero-order valence-electron chi connectivity index (χ0n) is 14.1. The van der Waals surface area contributed by atoms with Crippen LogP contribution in [0, 0.1) is 0 Å². The Morgan fingerprint density at radius 2 is 2.19 bits per heavy atom. The summed E-state index contributed by atoms with van der Waals surface area (Å²) < 4.78 is 10.4. The average molecular weight is 398 g/mol. The number of hydrogen-bond acceptors (Lipinski definition) is 7. The van der Waals surface area contributed by atoms with Crippen molar-refractivity contribution in [2.24, 2.45) is 0 Å². The lowest BCUT2D eigenvalue weighted by atomic mass is 9.94. The number of thioether (sulfide) groups is 1. The Labute approximate surface area is 158 Å². The molecule has 8 nitrogen and oxygen atoms in total. The van der Waals surface area contributed by atoms with Crippen molar-refractivity contribution in [3.8, 4) is 0 Å². The lowest BCUT2D eigenvalue weighted by Gasteiger charge is -2.57. The van der Waals surface area contributed by atoms with Crippen molar-refractivity contribution >= 4 is 40.9 Å². The highest BCUT2D eigenvalue weighted by molar-refractivity contribution is 8.03. The molecule has 140 valence electrons. The van der Waals surface area contributed by atoms with Gasteiger partial charge in [-0.15, -0.1) is 23.1 Å². The summed E-state index contributed by atoms with van der Waals surface area (Å²) in [5, 5.41) is 15.1. The number of amides is 2. The van der Waals surface area contributed by atoms with Crippen molar-refractivity contribution in [1.29, 1.82) is 0 Å². The molecule has 3 heterocycles. The molecule has 0 radical (unpaired) electrons. The van der Waals surface area contributed by atoms with Crippen LogP contribution in [0.1, 0.15) is 4.88 Å². The summed E-state index contributed by atoms with van der Waals surface area (Å²) in [5.41, 5.74) is -1.09. The summed E-state index contributed by atoms with van der Waals surface area (Å²) in [6, 6.07) is 2.53. The lowest BCUT2D eigenvalue weighted by Crippen LogP contribution is -2.83. The monoisotopic (exact) mass is 398 g/mol. The molecule has 3 rings (SSSR count). The minimum absolute atomic E-state index is 0.102. The highest BCUT2D eigenvalue weighted by Crippen LogP contribution is 2.46. The van der Waals surface area contributed by atoms with E-state index in [0.717, 1.165) is 4.88 Å². The van der Waals surface area contributed by atoms with Gasteiger partial charge in [-0.25, -0.2) is 4.79 Å². The largest absolute Gasteiger partial charge is 0.479 e. The SMILES string of the molecule is COCC1=CS[C@@H]2N(C(=O)C2(NC(=O)Cc2cccs2)OC)C1C(=O)O. The number of hydrogen-bond donors (Lipinski definition) is 2. The van der Waals surface area contributed by atoms with E-state index in [1.54, 1.807) is 5.41 Å². The van der Waals surface area contributed by atoms with Gasteiger partial charge >= 0.3 is 5.97 Å². The topological polar surface area (TPSA) is 105 Å². The molecule has 1 aromatic heterocycles. The fourth-order valence-corrected chi connectivity index (χ4v) is 5.08. The van der Waals surface area contributed by atoms with Crippen LogP contribution in [0.15, 0.2) is 28.5 Å². The van der Waals surface area contributed by atoms with Gasteiger partial charge in [-0.1, -0.05) is 6.07 Å². The van der Waals surface area contributed by atoms with Gasteiger partial charge in [-0.3, -0.25) is 9.59 Å². The molecule has 2 N–H and O–H groups in total. The van der Waals surface area contributed by atoms with Crippen molar-refractivity contribution in [3.05, 3.63) is 33.4 Å². The molecule has 2 unspecified atom stereocenters. The van der Waals surface area contributed by atoms with Crippen molar-refractivity contribution < 1.29 is 29.0 Å². The Kier molecular flexibility index (Phi) is 5.37. The molecule has 1 fully saturated rings. The number of nitrogens with one attached hydrogen (secondary N) is 1. The van der Waals surface area contributed by atoms with E-state index in [2.05, 4.69) is 5.32 Å². The van der Waals surface area contributed by atoms with Gasteiger partial charge in [0.15, 0.2) is 6.04 Å². The van der Waals surface area contributed by atoms with Crippen molar-refractivity contribution in [1.82, 2.24) is 10.2 Å². The normalized spacial score (nSPS) is 27.4. The molecular weight excluding hydrogens is 380 g/mol. The molecule has 1 saturated heterocycles. The molecule has 2 aliphatic heterocycles. The first kappa shape index (κ1) is 18.9. The van der Waals surface area contributed by atoms with Gasteiger partial charge in [0, 0.05) is 19.1 Å². The van der Waals surface area contributed by atoms with E-state index < -0.39 is 29.0 Å². The van der Waals surface area contributed by atoms with E-state index in [1.807, 2.05) is 17.5 Å². The second-order valence-corrected chi connectivity index (χ2v) is 7.80. The molecule has 2 amide bonds. The summed E-state index contributed by atoms with van der Waals surface area (Å²) >= 11 is 2.67. The van der Waals surface area contributed by atoms with Crippen LogP contribution in [0.2, 0.25) is 0 Å². The standard InChI is InChI=1S/C16H18N2O6S2/c1-23-7-9-8-26-15-16(24-2,14(22)18(15)12(9)13(20)21)17-11(19)6-10-4-3-5-25-10/h3-5,8,12,15H,6-7H2,1-2H3,(H,17,19)(H,20,21)/t12?,15-,16?/m0/s1. The van der Waals surface area contributed by atoms with Crippen LogP contribution in [0.5, 0.6) is 0 Å². The number of carbonyl (C=O) groups is 3. The molecule has 26 heavy (non-hydrogen) atoms. The van der Waals surface area contributed by atoms with Crippen LogP contribution >= 0.6 is 23.1 Å². The molecule has 0 aliphatic carbocycles. The number of aliphatic carboxylic acids is 1. The van der Waals surface area contributed by atoms with Gasteiger partial charge in [0.25, 0.3) is 11.6 Å². The van der Waals surface area contributed by atoms with Crippen LogP contribution in [0.4, 0.5) is 0 Å². The third kappa shape index (κ3) is 3.02. The van der Waals surface area contributed by atoms with Gasteiger partial charge < -0.3 is 24.8 Å². The number of nitrogens with zero attached hydrogens (tertiary/aromatic N) is 1. The molecule has 10 heteroatoms. The summed E-state index contributed by atoms with van der Waals surface area (Å²) in [6.07, 6.45) is 0.126. The third-order valence-electron chi connectivity index (χ3n) is 4.24. The van der Waals surface area contributed by atoms with Crippen molar-refractivity contribution in [2.45, 2.75) is 23.6 Å². The Bertz CT molecular complexity index is 750. The highest BCUT2D eigenvalue weighted by Gasteiger charge is 2.67. The molecule has 2 aliphatic rings. The summed E-state index contributed by atoms with van der Waals surface area (Å²) in [4.78, 5) is 38.9. The first-order valence-electron chi connectivity index (χ1n) is 7.72. The van der Waals surface area contributed by atoms with Crippen LogP contribution in [-0.2, 0) is 30.3 Å².